The van der Waals surface area contributed by atoms with Crippen molar-refractivity contribution in [3.8, 4) is 11.5 Å². The molecule has 1 aliphatic heterocycles. The summed E-state index contributed by atoms with van der Waals surface area (Å²) in [4.78, 5) is 17.5. The number of rotatable bonds is 7. The topological polar surface area (TPSA) is 54.0 Å². The third-order valence-corrected chi connectivity index (χ3v) is 6.14. The lowest BCUT2D eigenvalue weighted by Crippen LogP contribution is -2.47. The zero-order valence-corrected chi connectivity index (χ0v) is 17.6. The first kappa shape index (κ1) is 20.8. The molecule has 2 aliphatic rings. The van der Waals surface area contributed by atoms with Crippen LogP contribution in [0, 0.1) is 5.92 Å². The monoisotopic (exact) mass is 389 g/mol. The zero-order valence-electron chi connectivity index (χ0n) is 17.6. The third-order valence-electron chi connectivity index (χ3n) is 6.14. The van der Waals surface area contributed by atoms with Gasteiger partial charge in [0.15, 0.2) is 0 Å². The fraction of sp³-hybridized carbons (Fsp3) is 0.682. The second-order valence-electron chi connectivity index (χ2n) is 8.20. The smallest absolute Gasteiger partial charge is 0.317 e. The number of nitrogens with zero attached hydrogens (tertiary/aromatic N) is 2. The number of benzene rings is 1. The van der Waals surface area contributed by atoms with E-state index in [0.29, 0.717) is 18.5 Å². The highest BCUT2D eigenvalue weighted by Gasteiger charge is 2.28. The molecule has 1 N–H and O–H groups in total. The molecule has 0 radical (unpaired) electrons. The normalized spacial score (nSPS) is 20.8. The van der Waals surface area contributed by atoms with Gasteiger partial charge in [-0.25, -0.2) is 4.79 Å². The Balaban J connectivity index is 1.70. The average Bonchev–Trinajstić information content (AvgIpc) is 3.16. The van der Waals surface area contributed by atoms with Gasteiger partial charge in [-0.1, -0.05) is 19.3 Å². The number of ether oxygens (including phenoxy) is 2. The molecule has 1 aromatic carbocycles. The Morgan fingerprint density at radius 3 is 2.61 bits per heavy atom. The molecule has 1 aromatic rings. The van der Waals surface area contributed by atoms with Gasteiger partial charge in [-0.3, -0.25) is 0 Å². The number of carbonyl (C=O) groups is 1. The van der Waals surface area contributed by atoms with E-state index < -0.39 is 0 Å². The van der Waals surface area contributed by atoms with Crippen molar-refractivity contribution < 1.29 is 14.3 Å². The van der Waals surface area contributed by atoms with Gasteiger partial charge < -0.3 is 24.6 Å². The van der Waals surface area contributed by atoms with Crippen LogP contribution in [0.2, 0.25) is 0 Å². The molecule has 1 atom stereocenters. The van der Waals surface area contributed by atoms with E-state index >= 15 is 0 Å². The Bertz CT molecular complexity index is 646. The van der Waals surface area contributed by atoms with E-state index in [1.165, 1.54) is 19.3 Å². The third kappa shape index (κ3) is 5.31. The van der Waals surface area contributed by atoms with Crippen molar-refractivity contribution in [3.63, 3.8) is 0 Å². The molecule has 1 heterocycles. The van der Waals surface area contributed by atoms with Crippen LogP contribution in [0.4, 0.5) is 4.79 Å². The van der Waals surface area contributed by atoms with E-state index in [-0.39, 0.29) is 6.03 Å². The van der Waals surface area contributed by atoms with Crippen LogP contribution in [0.1, 0.15) is 44.1 Å². The summed E-state index contributed by atoms with van der Waals surface area (Å²) in [5, 5.41) is 3.22. The summed E-state index contributed by atoms with van der Waals surface area (Å²) in [6.45, 7) is 3.51. The summed E-state index contributed by atoms with van der Waals surface area (Å²) in [5.41, 5.74) is 1.02. The fourth-order valence-electron chi connectivity index (χ4n) is 4.45. The number of amides is 2. The van der Waals surface area contributed by atoms with E-state index in [9.17, 15) is 4.79 Å². The minimum Gasteiger partial charge on any atom is -0.497 e. The number of hydrogen-bond acceptors (Lipinski definition) is 4. The highest BCUT2D eigenvalue weighted by Crippen LogP contribution is 2.29. The molecule has 3 rings (SSSR count). The maximum absolute atomic E-state index is 13.1. The predicted molar refractivity (Wildman–Crippen MR) is 111 cm³/mol. The Morgan fingerprint density at radius 2 is 1.96 bits per heavy atom. The number of nitrogens with one attached hydrogen (secondary N) is 1. The lowest BCUT2D eigenvalue weighted by atomic mass is 9.94. The maximum Gasteiger partial charge on any atom is 0.317 e. The Kier molecular flexibility index (Phi) is 7.43. The molecule has 0 bridgehead atoms. The van der Waals surface area contributed by atoms with Crippen LogP contribution in [0.15, 0.2) is 18.2 Å². The first-order chi connectivity index (χ1) is 13.6. The number of methoxy groups -OCH3 is 2. The van der Waals surface area contributed by atoms with Crippen LogP contribution in [-0.2, 0) is 6.54 Å². The standard InChI is InChI=1S/C22H35N3O3/c1-24-12-11-17(15-24)14-23-22(26)25(19-7-5-4-6-8-19)16-18-9-10-20(27-2)13-21(18)28-3/h9-10,13,17,19H,4-8,11-12,14-16H2,1-3H3,(H,23,26)/t17-/m0/s1. The molecular weight excluding hydrogens is 354 g/mol. The largest absolute Gasteiger partial charge is 0.497 e. The quantitative estimate of drug-likeness (QED) is 0.775. The first-order valence-corrected chi connectivity index (χ1v) is 10.5. The molecule has 1 saturated heterocycles. The van der Waals surface area contributed by atoms with E-state index in [1.807, 2.05) is 23.1 Å². The maximum atomic E-state index is 13.1. The zero-order chi connectivity index (χ0) is 19.9. The van der Waals surface area contributed by atoms with E-state index in [2.05, 4.69) is 17.3 Å². The van der Waals surface area contributed by atoms with Crippen molar-refractivity contribution in [3.05, 3.63) is 23.8 Å². The number of urea groups is 1. The van der Waals surface area contributed by atoms with Gasteiger partial charge in [0, 0.05) is 30.8 Å². The number of carbonyl (C=O) groups excluding carboxylic acids is 1. The number of hydrogen-bond donors (Lipinski definition) is 1. The summed E-state index contributed by atoms with van der Waals surface area (Å²) in [6, 6.07) is 6.18. The van der Waals surface area contributed by atoms with Crippen LogP contribution >= 0.6 is 0 Å². The molecule has 6 heteroatoms. The van der Waals surface area contributed by atoms with Crippen molar-refractivity contribution in [1.82, 2.24) is 15.1 Å². The SMILES string of the molecule is COc1ccc(CN(C(=O)NC[C@@H]2CCN(C)C2)C2CCCCC2)c(OC)c1. The van der Waals surface area contributed by atoms with Gasteiger partial charge in [0.1, 0.15) is 11.5 Å². The molecule has 2 amide bonds. The molecule has 6 nitrogen and oxygen atoms in total. The van der Waals surface area contributed by atoms with Crippen LogP contribution < -0.4 is 14.8 Å². The van der Waals surface area contributed by atoms with Crippen molar-refractivity contribution in [2.24, 2.45) is 5.92 Å². The second-order valence-corrected chi connectivity index (χ2v) is 8.20. The molecule has 0 aromatic heterocycles. The lowest BCUT2D eigenvalue weighted by Gasteiger charge is -2.35. The van der Waals surface area contributed by atoms with Gasteiger partial charge in [0.05, 0.1) is 20.8 Å². The van der Waals surface area contributed by atoms with E-state index in [4.69, 9.17) is 9.47 Å². The molecule has 28 heavy (non-hydrogen) atoms. The fourth-order valence-corrected chi connectivity index (χ4v) is 4.45. The second kappa shape index (κ2) is 10.0. The lowest BCUT2D eigenvalue weighted by molar-refractivity contribution is 0.149. The predicted octanol–water partition coefficient (Wildman–Crippen LogP) is 3.50. The summed E-state index contributed by atoms with van der Waals surface area (Å²) in [5.74, 6) is 2.09. The Hall–Kier alpha value is -1.95. The van der Waals surface area contributed by atoms with Crippen LogP contribution in [0.5, 0.6) is 11.5 Å². The molecule has 2 fully saturated rings. The van der Waals surface area contributed by atoms with Gasteiger partial charge in [0.25, 0.3) is 0 Å². The highest BCUT2D eigenvalue weighted by atomic mass is 16.5. The van der Waals surface area contributed by atoms with Gasteiger partial charge in [-0.05, 0) is 50.9 Å². The number of likely N-dealkylation sites (tertiary alicyclic amines) is 1. The first-order valence-electron chi connectivity index (χ1n) is 10.5. The summed E-state index contributed by atoms with van der Waals surface area (Å²) in [6.07, 6.45) is 6.98. The van der Waals surface area contributed by atoms with Gasteiger partial charge >= 0.3 is 6.03 Å². The van der Waals surface area contributed by atoms with Crippen molar-refractivity contribution in [2.45, 2.75) is 51.1 Å². The van der Waals surface area contributed by atoms with Crippen molar-refractivity contribution in [2.75, 3.05) is 40.9 Å². The average molecular weight is 390 g/mol. The molecule has 156 valence electrons. The molecular formula is C22H35N3O3. The van der Waals surface area contributed by atoms with Crippen LogP contribution in [0.3, 0.4) is 0 Å². The summed E-state index contributed by atoms with van der Waals surface area (Å²) < 4.78 is 10.9. The van der Waals surface area contributed by atoms with Crippen LogP contribution in [-0.4, -0.2) is 62.8 Å². The molecule has 0 spiro atoms. The van der Waals surface area contributed by atoms with Gasteiger partial charge in [0.2, 0.25) is 0 Å². The minimum atomic E-state index is 0.0549. The van der Waals surface area contributed by atoms with E-state index in [0.717, 1.165) is 56.0 Å². The van der Waals surface area contributed by atoms with Gasteiger partial charge in [-0.2, -0.15) is 0 Å². The molecule has 1 aliphatic carbocycles. The van der Waals surface area contributed by atoms with Gasteiger partial charge in [-0.15, -0.1) is 0 Å². The molecule has 1 saturated carbocycles. The molecule has 0 unspecified atom stereocenters. The summed E-state index contributed by atoms with van der Waals surface area (Å²) >= 11 is 0. The van der Waals surface area contributed by atoms with Crippen LogP contribution in [0.25, 0.3) is 0 Å². The Labute approximate surface area is 169 Å². The van der Waals surface area contributed by atoms with E-state index in [1.54, 1.807) is 14.2 Å². The summed E-state index contributed by atoms with van der Waals surface area (Å²) in [7, 11) is 5.46. The van der Waals surface area contributed by atoms with Crippen molar-refractivity contribution in [1.29, 1.82) is 0 Å². The minimum absolute atomic E-state index is 0.0549. The van der Waals surface area contributed by atoms with Crippen molar-refractivity contribution >= 4 is 6.03 Å². The highest BCUT2D eigenvalue weighted by molar-refractivity contribution is 5.74. The Morgan fingerprint density at radius 1 is 1.18 bits per heavy atom.